The number of ether oxygens (including phenoxy) is 10. The van der Waals surface area contributed by atoms with Gasteiger partial charge < -0.3 is 119 Å². The van der Waals surface area contributed by atoms with Crippen LogP contribution in [0.5, 0.6) is 0 Å². The maximum atomic E-state index is 14.2. The number of carbonyl (C=O) groups excluding carboxylic acids is 9. The van der Waals surface area contributed by atoms with Gasteiger partial charge in [-0.3, -0.25) is 38.4 Å². The molecule has 4 aliphatic rings. The summed E-state index contributed by atoms with van der Waals surface area (Å²) in [7, 11) is 4.76. The summed E-state index contributed by atoms with van der Waals surface area (Å²) in [6.07, 6.45) is 8.29. The molecule has 122 heavy (non-hydrogen) atoms. The maximum absolute atomic E-state index is 14.2. The maximum Gasteiger partial charge on any atom is 0.407 e. The fourth-order valence-electron chi connectivity index (χ4n) is 15.6. The second kappa shape index (κ2) is 67.9. The first-order valence-electron chi connectivity index (χ1n) is 45.0. The molecule has 15 unspecified atom stereocenters. The number of aliphatic hydroxyl groups excluding tert-OH is 10. The van der Waals surface area contributed by atoms with E-state index in [1.807, 2.05) is 0 Å². The number of amides is 4. The van der Waals surface area contributed by atoms with Crippen LogP contribution in [0.4, 0.5) is 4.79 Å². The Balaban J connectivity index is 0.0000384. The number of carbonyl (C=O) groups is 9. The third-order valence-electron chi connectivity index (χ3n) is 23.2. The van der Waals surface area contributed by atoms with E-state index in [9.17, 15) is 94.2 Å². The average Bonchev–Trinajstić information content (AvgIpc) is 1.06. The van der Waals surface area contributed by atoms with Crippen molar-refractivity contribution in [3.8, 4) is 0 Å². The van der Waals surface area contributed by atoms with Crippen molar-refractivity contribution in [3.05, 3.63) is 0 Å². The normalized spacial score (nSPS) is 25.1. The van der Waals surface area contributed by atoms with E-state index in [1.165, 1.54) is 0 Å². The van der Waals surface area contributed by atoms with Crippen molar-refractivity contribution in [2.75, 3.05) is 111 Å². The number of aliphatic hydroxyl groups is 10. The Hall–Kier alpha value is -3.25. The number of Topliss-reactive ketones (excluding diaryl/α,β-unsaturated/α-hetero) is 3. The number of methoxy groups -OCH3 is 1. The molecular weight excluding hydrogens is 1710 g/mol. The molecule has 0 aromatic heterocycles. The van der Waals surface area contributed by atoms with Crippen molar-refractivity contribution < 1.29 is 174 Å². The van der Waals surface area contributed by atoms with Gasteiger partial charge in [0.2, 0.25) is 17.7 Å². The van der Waals surface area contributed by atoms with Crippen LogP contribution in [-0.2, 0) is 118 Å². The summed E-state index contributed by atoms with van der Waals surface area (Å²) >= 11 is 0. The van der Waals surface area contributed by atoms with E-state index in [0.717, 1.165) is 77.0 Å². The smallest absolute Gasteiger partial charge is 0.407 e. The second-order valence-electron chi connectivity index (χ2n) is 33.2. The van der Waals surface area contributed by atoms with E-state index in [1.54, 1.807) is 54.4 Å². The molecule has 4 aliphatic heterocycles. The Labute approximate surface area is 756 Å². The van der Waals surface area contributed by atoms with Crippen molar-refractivity contribution in [3.63, 3.8) is 0 Å². The van der Waals surface area contributed by atoms with E-state index in [2.05, 4.69) is 16.0 Å². The number of esters is 2. The number of alkyl carbamates (subject to hydrolysis) is 1. The number of ketones is 3. The van der Waals surface area contributed by atoms with E-state index < -0.39 is 123 Å². The van der Waals surface area contributed by atoms with Crippen molar-refractivity contribution >= 4 is 74.7 Å². The van der Waals surface area contributed by atoms with Gasteiger partial charge in [0.25, 0.3) is 0 Å². The van der Waals surface area contributed by atoms with Gasteiger partial charge in [0.1, 0.15) is 54.0 Å². The van der Waals surface area contributed by atoms with E-state index >= 15 is 0 Å². The Morgan fingerprint density at radius 3 is 1.20 bits per heavy atom. The number of unbranched alkanes of at least 4 members (excludes halogenated alkanes) is 13. The molecule has 4 amide bonds. The summed E-state index contributed by atoms with van der Waals surface area (Å²) < 4.78 is 56.6. The molecule has 4 heterocycles. The standard InChI is InChI=1S/C86H152N4O29S2.Y/c1-60-76(103)79(106)68(57-92)117-82(60)113-45-22-31-64(95)29-14-8-5-13-21-44-89-85(109)116-50-28-41-86(54-66(97)38-52-121-120-51-25-32-65(96)30-17-18-35-73(100)90-55-67(110-4)53-63(90)56-91,39-26-48-111-74(101)36-15-9-6-11-19-42-87-71(98)33-23-46-114-83-61(2)77(104)80(107)69(58-93)118-83)40-27-49-112-75(102)37-16-10-7-12-20-43-88-72(99)34-24-47-115-84-62(3)78(105)81(108)70(59-94)119-84;/h60-63,67-70,76-84,91-94,103-108H,5-59H2,1-4H3,(H,87,98)(H,88,99)(H,89,109);/t60?,61?,62?,63-,67+,68?,69?,70?,76?,77?,78?,79?,80?,81?,82?,83?,84?,86?;/m1./s1. The molecule has 17 atom stereocenters. The minimum absolute atomic E-state index is 0. The van der Waals surface area contributed by atoms with Gasteiger partial charge in [0, 0.05) is 166 Å². The zero-order valence-corrected chi connectivity index (χ0v) is 77.7. The van der Waals surface area contributed by atoms with Crippen LogP contribution in [0.3, 0.4) is 0 Å². The molecule has 0 bridgehead atoms. The average molecular weight is 1860 g/mol. The zero-order valence-electron chi connectivity index (χ0n) is 73.3. The van der Waals surface area contributed by atoms with Gasteiger partial charge in [-0.05, 0) is 127 Å². The van der Waals surface area contributed by atoms with E-state index in [4.69, 9.17) is 47.4 Å². The van der Waals surface area contributed by atoms with Crippen molar-refractivity contribution in [2.45, 2.75) is 357 Å². The molecule has 0 aromatic carbocycles. The monoisotopic (exact) mass is 1860 g/mol. The fraction of sp³-hybridized carbons (Fsp3) is 0.895. The van der Waals surface area contributed by atoms with E-state index in [-0.39, 0.29) is 177 Å². The quantitative estimate of drug-likeness (QED) is 0.0129. The Bertz CT molecular complexity index is 2650. The molecule has 1 radical (unpaired) electrons. The minimum Gasteiger partial charge on any atom is -0.466 e. The third kappa shape index (κ3) is 46.8. The van der Waals surface area contributed by atoms with Crippen LogP contribution in [0.2, 0.25) is 0 Å². The molecule has 33 nitrogen and oxygen atoms in total. The van der Waals surface area contributed by atoms with Gasteiger partial charge in [-0.15, -0.1) is 0 Å². The van der Waals surface area contributed by atoms with E-state index in [0.29, 0.717) is 173 Å². The van der Waals surface area contributed by atoms with Crippen molar-refractivity contribution in [1.29, 1.82) is 0 Å². The molecule has 4 saturated heterocycles. The van der Waals surface area contributed by atoms with Crippen molar-refractivity contribution in [2.24, 2.45) is 23.2 Å². The van der Waals surface area contributed by atoms with Crippen molar-refractivity contribution in [1.82, 2.24) is 20.9 Å². The molecule has 36 heteroatoms. The van der Waals surface area contributed by atoms with Gasteiger partial charge >= 0.3 is 18.0 Å². The molecule has 4 rings (SSSR count). The van der Waals surface area contributed by atoms with Gasteiger partial charge in [0.05, 0.1) is 96.5 Å². The predicted octanol–water partition coefficient (Wildman–Crippen LogP) is 6.81. The van der Waals surface area contributed by atoms with Crippen LogP contribution >= 0.6 is 21.6 Å². The Morgan fingerprint density at radius 2 is 0.762 bits per heavy atom. The minimum atomic E-state index is -1.22. The van der Waals surface area contributed by atoms with Crippen LogP contribution in [0.25, 0.3) is 0 Å². The molecule has 0 aromatic rings. The fourth-order valence-corrected chi connectivity index (χ4v) is 17.7. The molecule has 0 spiro atoms. The number of rotatable bonds is 71. The molecule has 705 valence electrons. The molecule has 4 fully saturated rings. The molecular formula is C86H152N4O29S2Y. The van der Waals surface area contributed by atoms with Gasteiger partial charge in [-0.25, -0.2) is 4.79 Å². The van der Waals surface area contributed by atoms with Gasteiger partial charge in [-0.1, -0.05) is 100 Å². The predicted molar refractivity (Wildman–Crippen MR) is 452 cm³/mol. The third-order valence-corrected chi connectivity index (χ3v) is 25.7. The van der Waals surface area contributed by atoms with Gasteiger partial charge in [-0.2, -0.15) is 0 Å². The largest absolute Gasteiger partial charge is 0.466 e. The summed E-state index contributed by atoms with van der Waals surface area (Å²) in [4.78, 5) is 119. The summed E-state index contributed by atoms with van der Waals surface area (Å²) in [6, 6.07) is -0.254. The first-order valence-corrected chi connectivity index (χ1v) is 47.5. The van der Waals surface area contributed by atoms with Crippen LogP contribution in [-0.4, -0.2) is 306 Å². The summed E-state index contributed by atoms with van der Waals surface area (Å²) in [5.74, 6) is -1.03. The summed E-state index contributed by atoms with van der Waals surface area (Å²) in [5.41, 5.74) is -0.645. The summed E-state index contributed by atoms with van der Waals surface area (Å²) in [6.45, 7) is 6.25. The first kappa shape index (κ1) is 113. The van der Waals surface area contributed by atoms with Crippen LogP contribution in [0, 0.1) is 23.2 Å². The first-order chi connectivity index (χ1) is 58.3. The van der Waals surface area contributed by atoms with Crippen LogP contribution in [0.15, 0.2) is 0 Å². The topological polar surface area (TPSA) is 488 Å². The van der Waals surface area contributed by atoms with Crippen LogP contribution < -0.4 is 16.0 Å². The number of hydrogen-bond donors (Lipinski definition) is 13. The summed E-state index contributed by atoms with van der Waals surface area (Å²) in [5, 5.41) is 108. The Morgan fingerprint density at radius 1 is 0.393 bits per heavy atom. The number of nitrogens with zero attached hydrogens (tertiary/aromatic N) is 1. The molecule has 0 aliphatic carbocycles. The number of nitrogens with one attached hydrogen (secondary N) is 3. The second-order valence-corrected chi connectivity index (χ2v) is 35.9. The molecule has 13 N–H and O–H groups in total. The van der Waals surface area contributed by atoms with Crippen LogP contribution in [0.1, 0.15) is 271 Å². The SMILES string of the molecule is CO[C@H]1C[C@H](CO)N(C(=O)CCCCC(=O)CCCSSCCC(=O)CC(CCCOC(=O)CCCCCCCNC(=O)CCCOC2OC(CO)C(O)C(O)C2C)(CCCOC(=O)CCCCCCCNC(=O)CCCOC2OC(CO)C(O)C(O)C2C)CCCOC(=O)NCCCCCCCC(=O)CCCOC2OC(CO)C(O)C(O)C2C)C1.[Y]. The zero-order chi connectivity index (χ0) is 88.6. The number of hydrogen-bond acceptors (Lipinski definition) is 31. The number of likely N-dealkylation sites (tertiary alicyclic amines) is 1. The molecule has 0 saturated carbocycles. The van der Waals surface area contributed by atoms with Gasteiger partial charge in [0.15, 0.2) is 18.9 Å². The Kier molecular flexibility index (Phi) is 62.8.